The number of hydrogen-bond donors (Lipinski definition) is 0. The second kappa shape index (κ2) is 4.39. The Kier molecular flexibility index (Phi) is 3.45. The molecule has 2 aliphatic rings. The first-order chi connectivity index (χ1) is 5.88. The topological polar surface area (TPSA) is 0 Å². The summed E-state index contributed by atoms with van der Waals surface area (Å²) in [7, 11) is 0. The molecule has 0 bridgehead atoms. The van der Waals surface area contributed by atoms with E-state index in [9.17, 15) is 0 Å². The maximum atomic E-state index is 1.59. The second-order valence-electron chi connectivity index (χ2n) is 4.95. The van der Waals surface area contributed by atoms with Crippen molar-refractivity contribution in [1.29, 1.82) is 0 Å². The molecule has 0 aromatic carbocycles. The van der Waals surface area contributed by atoms with Crippen molar-refractivity contribution in [3.63, 3.8) is 0 Å². The molecular formula is C11H21In. The van der Waals surface area contributed by atoms with Gasteiger partial charge in [-0.3, -0.25) is 0 Å². The first kappa shape index (κ1) is 9.43. The summed E-state index contributed by atoms with van der Waals surface area (Å²) in [5.74, 6) is 2.40. The first-order valence-corrected chi connectivity index (χ1v) is 9.17. The molecule has 2 rings (SSSR count). The summed E-state index contributed by atoms with van der Waals surface area (Å²) in [6.07, 6.45) is 12.6. The van der Waals surface area contributed by atoms with E-state index in [1.54, 1.807) is 51.4 Å². The van der Waals surface area contributed by atoms with Crippen molar-refractivity contribution in [2.24, 2.45) is 11.8 Å². The predicted octanol–water partition coefficient (Wildman–Crippen LogP) is 2.79. The number of rotatable bonds is 2. The van der Waals surface area contributed by atoms with Crippen LogP contribution >= 0.6 is 0 Å². The maximum absolute atomic E-state index is 1.59. The Morgan fingerprint density at radius 2 is 1.08 bits per heavy atom. The zero-order chi connectivity index (χ0) is 8.39. The molecule has 0 N–H and O–H groups in total. The van der Waals surface area contributed by atoms with E-state index in [1.165, 1.54) is 15.5 Å². The van der Waals surface area contributed by atoms with Crippen molar-refractivity contribution in [3.05, 3.63) is 0 Å². The van der Waals surface area contributed by atoms with Crippen LogP contribution in [0, 0.1) is 11.8 Å². The van der Waals surface area contributed by atoms with Crippen LogP contribution in [0.1, 0.15) is 51.4 Å². The summed E-state index contributed by atoms with van der Waals surface area (Å²) >= 11 is 0.939. The van der Waals surface area contributed by atoms with Gasteiger partial charge >= 0.3 is 91.3 Å². The van der Waals surface area contributed by atoms with Gasteiger partial charge < -0.3 is 0 Å². The molecular weight excluding hydrogens is 247 g/mol. The van der Waals surface area contributed by atoms with Gasteiger partial charge in [0.2, 0.25) is 0 Å². The first-order valence-electron chi connectivity index (χ1n) is 5.88. The Morgan fingerprint density at radius 1 is 0.750 bits per heavy atom. The van der Waals surface area contributed by atoms with E-state index in [2.05, 4.69) is 0 Å². The summed E-state index contributed by atoms with van der Waals surface area (Å²) in [6, 6.07) is 0. The van der Waals surface area contributed by atoms with Gasteiger partial charge in [-0.25, -0.2) is 0 Å². The Labute approximate surface area is 91.1 Å². The standard InChI is InChI=1S/C11H19.In.2H/c1-2-6-10(5-1)9-11-7-3-4-8-11;;;/h9-11H,1-8H2;;;. The molecule has 0 spiro atoms. The van der Waals surface area contributed by atoms with Crippen LogP contribution in [-0.2, 0) is 0 Å². The summed E-state index contributed by atoms with van der Waals surface area (Å²) in [5.41, 5.74) is 0. The molecule has 0 nitrogen and oxygen atoms in total. The Morgan fingerprint density at radius 3 is 1.42 bits per heavy atom. The summed E-state index contributed by atoms with van der Waals surface area (Å²) < 4.78 is 1.26. The van der Waals surface area contributed by atoms with E-state index in [4.69, 9.17) is 0 Å². The molecule has 0 aromatic heterocycles. The van der Waals surface area contributed by atoms with Crippen molar-refractivity contribution in [3.8, 4) is 0 Å². The van der Waals surface area contributed by atoms with Gasteiger partial charge in [0.05, 0.1) is 0 Å². The monoisotopic (exact) mass is 268 g/mol. The van der Waals surface area contributed by atoms with Gasteiger partial charge in [-0.2, -0.15) is 0 Å². The fourth-order valence-corrected chi connectivity index (χ4v) is 7.16. The normalized spacial score (nSPS) is 27.4. The fraction of sp³-hybridized carbons (Fsp3) is 1.00. The third kappa shape index (κ3) is 2.02. The fourth-order valence-electron chi connectivity index (χ4n) is 3.35. The van der Waals surface area contributed by atoms with E-state index in [0.717, 1.165) is 24.4 Å². The van der Waals surface area contributed by atoms with Crippen LogP contribution in [0.2, 0.25) is 3.67 Å². The molecule has 12 heavy (non-hydrogen) atoms. The third-order valence-corrected chi connectivity index (χ3v) is 9.67. The molecule has 1 heteroatoms. The Hall–Kier alpha value is 0.870. The van der Waals surface area contributed by atoms with E-state index in [1.807, 2.05) is 0 Å². The van der Waals surface area contributed by atoms with Gasteiger partial charge in [0.15, 0.2) is 0 Å². The van der Waals surface area contributed by atoms with Gasteiger partial charge in [-0.1, -0.05) is 0 Å². The molecule has 2 saturated carbocycles. The Balaban J connectivity index is 1.84. The Bertz CT molecular complexity index is 116. The summed E-state index contributed by atoms with van der Waals surface area (Å²) in [6.45, 7) is 0. The SMILES string of the molecule is [InH2][CH](C1CCCC1)C1CCCC1. The van der Waals surface area contributed by atoms with E-state index in [-0.39, 0.29) is 0 Å². The van der Waals surface area contributed by atoms with Crippen LogP contribution in [0.3, 0.4) is 0 Å². The molecule has 0 aromatic rings. The molecule has 0 heterocycles. The zero-order valence-corrected chi connectivity index (χ0v) is 14.1. The molecule has 0 unspecified atom stereocenters. The summed E-state index contributed by atoms with van der Waals surface area (Å²) in [5, 5.41) is 0. The molecule has 0 radical (unpaired) electrons. The average molecular weight is 268 g/mol. The van der Waals surface area contributed by atoms with Gasteiger partial charge in [-0.15, -0.1) is 0 Å². The van der Waals surface area contributed by atoms with Gasteiger partial charge in [0, 0.05) is 0 Å². The minimum absolute atomic E-state index is 0.939. The predicted molar refractivity (Wildman–Crippen MR) is 56.2 cm³/mol. The van der Waals surface area contributed by atoms with Crippen molar-refractivity contribution < 1.29 is 0 Å². The molecule has 0 amide bonds. The zero-order valence-electron chi connectivity index (χ0n) is 8.39. The van der Waals surface area contributed by atoms with Crippen LogP contribution < -0.4 is 0 Å². The molecule has 0 atom stereocenters. The minimum atomic E-state index is 0.939. The van der Waals surface area contributed by atoms with E-state index >= 15 is 0 Å². The third-order valence-electron chi connectivity index (χ3n) is 4.29. The molecule has 68 valence electrons. The van der Waals surface area contributed by atoms with Crippen molar-refractivity contribution in [1.82, 2.24) is 0 Å². The molecule has 0 saturated heterocycles. The van der Waals surface area contributed by atoms with Gasteiger partial charge in [0.25, 0.3) is 0 Å². The van der Waals surface area contributed by atoms with Crippen molar-refractivity contribution in [2.45, 2.75) is 55.0 Å². The van der Waals surface area contributed by atoms with Crippen LogP contribution in [0.4, 0.5) is 0 Å². The summed E-state index contributed by atoms with van der Waals surface area (Å²) in [4.78, 5) is 0. The average Bonchev–Trinajstić information content (AvgIpc) is 2.77. The van der Waals surface area contributed by atoms with Crippen LogP contribution in [0.25, 0.3) is 0 Å². The van der Waals surface area contributed by atoms with Crippen LogP contribution in [0.5, 0.6) is 0 Å². The van der Waals surface area contributed by atoms with Gasteiger partial charge in [-0.05, 0) is 0 Å². The molecule has 0 aliphatic heterocycles. The molecule has 2 fully saturated rings. The molecule has 2 aliphatic carbocycles. The van der Waals surface area contributed by atoms with Crippen molar-refractivity contribution in [2.75, 3.05) is 0 Å². The van der Waals surface area contributed by atoms with E-state index < -0.39 is 0 Å². The van der Waals surface area contributed by atoms with Gasteiger partial charge in [0.1, 0.15) is 0 Å². The van der Waals surface area contributed by atoms with Crippen molar-refractivity contribution >= 4 is 24.4 Å². The second-order valence-corrected chi connectivity index (χ2v) is 8.75. The van der Waals surface area contributed by atoms with E-state index in [0.29, 0.717) is 0 Å². The number of hydrogen-bond acceptors (Lipinski definition) is 0. The van der Waals surface area contributed by atoms with Crippen LogP contribution in [0.15, 0.2) is 0 Å². The quantitative estimate of drug-likeness (QED) is 0.722. The van der Waals surface area contributed by atoms with Crippen LogP contribution in [-0.4, -0.2) is 24.4 Å².